The lowest BCUT2D eigenvalue weighted by atomic mass is 9.68. The minimum absolute atomic E-state index is 0.0222. The van der Waals surface area contributed by atoms with Gasteiger partial charge in [-0.1, -0.05) is 26.0 Å². The van der Waals surface area contributed by atoms with Gasteiger partial charge in [0.25, 0.3) is 5.69 Å². The Morgan fingerprint density at radius 3 is 2.44 bits per heavy atom. The van der Waals surface area contributed by atoms with E-state index in [1.54, 1.807) is 19.1 Å². The molecule has 1 aromatic rings. The number of non-ortho nitro benzene ring substituents is 1. The predicted molar refractivity (Wildman–Crippen MR) is 98.7 cm³/mol. The fourth-order valence-corrected chi connectivity index (χ4v) is 3.94. The number of methoxy groups -OCH3 is 1. The number of nitrogens with zero attached hydrogens (tertiary/aromatic N) is 1. The first kappa shape index (κ1) is 18.8. The molecular weight excluding hydrogens is 348 g/mol. The quantitative estimate of drug-likeness (QED) is 0.498. The minimum atomic E-state index is -0.599. The van der Waals surface area contributed by atoms with Gasteiger partial charge in [0.05, 0.1) is 17.6 Å². The van der Waals surface area contributed by atoms with Crippen LogP contribution in [0.3, 0.4) is 0 Å². The van der Waals surface area contributed by atoms with Crippen LogP contribution in [-0.2, 0) is 14.3 Å². The molecule has 1 aromatic carbocycles. The average molecular weight is 370 g/mol. The maximum absolute atomic E-state index is 13.0. The molecule has 0 amide bonds. The van der Waals surface area contributed by atoms with Crippen molar-refractivity contribution >= 4 is 17.4 Å². The highest BCUT2D eigenvalue weighted by atomic mass is 16.6. The molecule has 1 aliphatic carbocycles. The number of hydrogen-bond donors (Lipinski definition) is 1. The van der Waals surface area contributed by atoms with E-state index in [1.165, 1.54) is 19.2 Å². The molecule has 0 saturated heterocycles. The minimum Gasteiger partial charge on any atom is -0.466 e. The third-order valence-corrected chi connectivity index (χ3v) is 5.08. The molecule has 1 N–H and O–H groups in total. The lowest BCUT2D eigenvalue weighted by Crippen LogP contribution is -2.38. The second kappa shape index (κ2) is 6.64. The molecule has 0 unspecified atom stereocenters. The van der Waals surface area contributed by atoms with E-state index in [4.69, 9.17) is 4.74 Å². The van der Waals surface area contributed by atoms with Crippen molar-refractivity contribution in [1.82, 2.24) is 5.32 Å². The lowest BCUT2D eigenvalue weighted by molar-refractivity contribution is -0.384. The van der Waals surface area contributed by atoms with Gasteiger partial charge >= 0.3 is 5.97 Å². The number of nitro groups is 1. The molecule has 0 saturated carbocycles. The van der Waals surface area contributed by atoms with Crippen molar-refractivity contribution in [2.24, 2.45) is 5.41 Å². The summed E-state index contributed by atoms with van der Waals surface area (Å²) < 4.78 is 4.95. The predicted octanol–water partition coefficient (Wildman–Crippen LogP) is 3.37. The zero-order valence-electron chi connectivity index (χ0n) is 15.8. The fraction of sp³-hybridized carbons (Fsp3) is 0.400. The summed E-state index contributed by atoms with van der Waals surface area (Å²) >= 11 is 0. The van der Waals surface area contributed by atoms with E-state index in [0.717, 1.165) is 5.70 Å². The largest absolute Gasteiger partial charge is 0.466 e. The first-order valence-corrected chi connectivity index (χ1v) is 8.71. The summed E-state index contributed by atoms with van der Waals surface area (Å²) in [6, 6.07) is 5.97. The van der Waals surface area contributed by atoms with Crippen molar-refractivity contribution in [3.05, 3.63) is 62.5 Å². The van der Waals surface area contributed by atoms with Gasteiger partial charge in [-0.3, -0.25) is 14.9 Å². The van der Waals surface area contributed by atoms with Gasteiger partial charge in [-0.25, -0.2) is 4.79 Å². The van der Waals surface area contributed by atoms with Gasteiger partial charge in [-0.2, -0.15) is 0 Å². The lowest BCUT2D eigenvalue weighted by Gasteiger charge is -2.39. The van der Waals surface area contributed by atoms with Crippen LogP contribution in [0.5, 0.6) is 0 Å². The number of allylic oxidation sites excluding steroid dienone is 3. The van der Waals surface area contributed by atoms with E-state index in [0.29, 0.717) is 35.2 Å². The molecule has 0 radical (unpaired) electrons. The monoisotopic (exact) mass is 370 g/mol. The summed E-state index contributed by atoms with van der Waals surface area (Å²) in [5.74, 6) is -1.14. The third-order valence-electron chi connectivity index (χ3n) is 5.08. The Hall–Kier alpha value is -2.96. The van der Waals surface area contributed by atoms with Crippen molar-refractivity contribution in [2.75, 3.05) is 7.11 Å². The Morgan fingerprint density at radius 2 is 1.89 bits per heavy atom. The van der Waals surface area contributed by atoms with E-state index < -0.39 is 16.8 Å². The topological polar surface area (TPSA) is 98.5 Å². The molecule has 1 heterocycles. The van der Waals surface area contributed by atoms with Crippen molar-refractivity contribution < 1.29 is 19.2 Å². The number of rotatable bonds is 3. The Balaban J connectivity index is 2.17. The molecule has 142 valence electrons. The van der Waals surface area contributed by atoms with E-state index in [1.807, 2.05) is 13.8 Å². The highest BCUT2D eigenvalue weighted by Crippen LogP contribution is 2.46. The molecule has 7 heteroatoms. The average Bonchev–Trinajstić information content (AvgIpc) is 2.58. The first-order chi connectivity index (χ1) is 12.6. The number of nitrogens with one attached hydrogen (secondary N) is 1. The van der Waals surface area contributed by atoms with Crippen LogP contribution >= 0.6 is 0 Å². The number of ketones is 1. The zero-order valence-corrected chi connectivity index (χ0v) is 15.8. The molecule has 0 spiro atoms. The number of nitro benzene ring substituents is 1. The molecule has 7 nitrogen and oxygen atoms in total. The standard InChI is InChI=1S/C20H22N2O5/c1-11-16(19(24)27-4)17(12-5-7-13(8-6-12)22(25)26)18-14(21-11)9-20(2,3)10-15(18)23/h5-8,17,21H,9-10H2,1-4H3/t17-/m1/s1. The molecule has 0 fully saturated rings. The Morgan fingerprint density at radius 1 is 1.26 bits per heavy atom. The number of dihydropyridines is 1. The fourth-order valence-electron chi connectivity index (χ4n) is 3.94. The van der Waals surface area contributed by atoms with Gasteiger partial charge in [-0.05, 0) is 24.3 Å². The molecular formula is C20H22N2O5. The Labute approximate surface area is 157 Å². The number of benzene rings is 1. The van der Waals surface area contributed by atoms with Gasteiger partial charge in [-0.15, -0.1) is 0 Å². The van der Waals surface area contributed by atoms with Crippen LogP contribution in [0.15, 0.2) is 46.8 Å². The van der Waals surface area contributed by atoms with Gasteiger partial charge in [0.1, 0.15) is 0 Å². The van der Waals surface area contributed by atoms with Gasteiger partial charge < -0.3 is 10.1 Å². The van der Waals surface area contributed by atoms with Crippen molar-refractivity contribution in [3.8, 4) is 0 Å². The number of carbonyl (C=O) groups is 2. The molecule has 1 aliphatic heterocycles. The molecule has 3 rings (SSSR count). The summed E-state index contributed by atoms with van der Waals surface area (Å²) in [5.41, 5.74) is 2.79. The van der Waals surface area contributed by atoms with Crippen LogP contribution in [0.2, 0.25) is 0 Å². The van der Waals surface area contributed by atoms with E-state index in [-0.39, 0.29) is 16.9 Å². The van der Waals surface area contributed by atoms with Gasteiger partial charge in [0, 0.05) is 41.4 Å². The van der Waals surface area contributed by atoms with Crippen molar-refractivity contribution in [3.63, 3.8) is 0 Å². The van der Waals surface area contributed by atoms with Crippen LogP contribution in [0.1, 0.15) is 45.1 Å². The SMILES string of the molecule is COC(=O)C1=C(C)NC2=C(C(=O)CC(C)(C)C2)[C@@H]1c1ccc([N+](=O)[O-])cc1. The van der Waals surface area contributed by atoms with Crippen LogP contribution in [0.25, 0.3) is 0 Å². The van der Waals surface area contributed by atoms with Crippen molar-refractivity contribution in [2.45, 2.75) is 39.5 Å². The van der Waals surface area contributed by atoms with Crippen LogP contribution in [0.4, 0.5) is 5.69 Å². The van der Waals surface area contributed by atoms with Crippen LogP contribution in [-0.4, -0.2) is 23.8 Å². The number of ether oxygens (including phenoxy) is 1. The second-order valence-corrected chi connectivity index (χ2v) is 7.77. The number of Topliss-reactive ketones (excluding diaryl/α,β-unsaturated/α-hetero) is 1. The Kier molecular flexibility index (Phi) is 4.63. The summed E-state index contributed by atoms with van der Waals surface area (Å²) in [5, 5.41) is 14.2. The summed E-state index contributed by atoms with van der Waals surface area (Å²) in [4.78, 5) is 35.9. The van der Waals surface area contributed by atoms with Crippen molar-refractivity contribution in [1.29, 1.82) is 0 Å². The third kappa shape index (κ3) is 3.37. The molecule has 0 aromatic heterocycles. The van der Waals surface area contributed by atoms with Gasteiger partial charge in [0.2, 0.25) is 0 Å². The molecule has 27 heavy (non-hydrogen) atoms. The molecule has 0 bridgehead atoms. The highest BCUT2D eigenvalue weighted by molar-refractivity contribution is 6.04. The first-order valence-electron chi connectivity index (χ1n) is 8.71. The van der Waals surface area contributed by atoms with E-state index >= 15 is 0 Å². The maximum Gasteiger partial charge on any atom is 0.336 e. The number of carbonyl (C=O) groups excluding carboxylic acids is 2. The highest BCUT2D eigenvalue weighted by Gasteiger charge is 2.43. The smallest absolute Gasteiger partial charge is 0.336 e. The van der Waals surface area contributed by atoms with Gasteiger partial charge in [0.15, 0.2) is 5.78 Å². The number of hydrogen-bond acceptors (Lipinski definition) is 6. The van der Waals surface area contributed by atoms with E-state index in [2.05, 4.69) is 5.32 Å². The summed E-state index contributed by atoms with van der Waals surface area (Å²) in [6.45, 7) is 5.85. The molecule has 2 aliphatic rings. The van der Waals surface area contributed by atoms with Crippen LogP contribution in [0, 0.1) is 15.5 Å². The summed E-state index contributed by atoms with van der Waals surface area (Å²) in [6.07, 6.45) is 1.06. The molecule has 1 atom stereocenters. The van der Waals surface area contributed by atoms with E-state index in [9.17, 15) is 19.7 Å². The summed E-state index contributed by atoms with van der Waals surface area (Å²) in [7, 11) is 1.30. The zero-order chi connectivity index (χ0) is 19.9. The van der Waals surface area contributed by atoms with Crippen LogP contribution < -0.4 is 5.32 Å². The number of esters is 1. The second-order valence-electron chi connectivity index (χ2n) is 7.77. The Bertz CT molecular complexity index is 893. The maximum atomic E-state index is 13.0. The normalized spacial score (nSPS) is 21.5.